The standard InChI is InChI=1S/C32H41N3O5S/c1-5-8-22-33-32(37)30(6-2)34(23-26-16-14-25(4)15-17-26)31(36)24-35(27-12-10-9-11-13-27)41(38,39)29-20-18-28(19-21-29)40-7-3/h9-21,30H,5-8,22-24H2,1-4H3,(H,33,37)/t30-/m0/s1. The lowest BCUT2D eigenvalue weighted by Crippen LogP contribution is -2.52. The number of aryl methyl sites for hydroxylation is 1. The van der Waals surface area contributed by atoms with Crippen LogP contribution < -0.4 is 14.4 Å². The van der Waals surface area contributed by atoms with Gasteiger partial charge in [0.2, 0.25) is 11.8 Å². The molecule has 41 heavy (non-hydrogen) atoms. The van der Waals surface area contributed by atoms with Gasteiger partial charge in [-0.15, -0.1) is 0 Å². The van der Waals surface area contributed by atoms with Crippen molar-refractivity contribution in [3.05, 3.63) is 90.0 Å². The number of carbonyl (C=O) groups excluding carboxylic acids is 2. The van der Waals surface area contributed by atoms with Crippen LogP contribution in [0.25, 0.3) is 0 Å². The molecule has 0 aliphatic carbocycles. The van der Waals surface area contributed by atoms with E-state index in [4.69, 9.17) is 4.74 Å². The number of unbranched alkanes of at least 4 members (excludes halogenated alkanes) is 1. The summed E-state index contributed by atoms with van der Waals surface area (Å²) >= 11 is 0. The molecule has 9 heteroatoms. The maximum atomic E-state index is 14.1. The normalized spacial score (nSPS) is 11.9. The van der Waals surface area contributed by atoms with Gasteiger partial charge in [-0.2, -0.15) is 0 Å². The molecule has 0 saturated heterocycles. The van der Waals surface area contributed by atoms with Gasteiger partial charge in [0.05, 0.1) is 17.2 Å². The Labute approximate surface area is 244 Å². The van der Waals surface area contributed by atoms with Crippen molar-refractivity contribution in [2.75, 3.05) is 24.0 Å². The number of benzene rings is 3. The molecular formula is C32H41N3O5S. The van der Waals surface area contributed by atoms with Crippen LogP contribution in [-0.4, -0.2) is 50.9 Å². The molecule has 0 bridgehead atoms. The molecule has 3 aromatic carbocycles. The van der Waals surface area contributed by atoms with E-state index in [2.05, 4.69) is 5.32 Å². The van der Waals surface area contributed by atoms with E-state index < -0.39 is 28.5 Å². The van der Waals surface area contributed by atoms with Crippen LogP contribution in [-0.2, 0) is 26.2 Å². The second kappa shape index (κ2) is 15.2. The number of rotatable bonds is 15. The fourth-order valence-electron chi connectivity index (χ4n) is 4.44. The summed E-state index contributed by atoms with van der Waals surface area (Å²) in [6.07, 6.45) is 2.14. The van der Waals surface area contributed by atoms with Crippen LogP contribution in [0.5, 0.6) is 5.75 Å². The van der Waals surface area contributed by atoms with E-state index in [9.17, 15) is 18.0 Å². The Kier molecular flexibility index (Phi) is 11.8. The van der Waals surface area contributed by atoms with Crippen LogP contribution in [0.3, 0.4) is 0 Å². The Balaban J connectivity index is 1.99. The first-order valence-corrected chi connectivity index (χ1v) is 15.6. The van der Waals surface area contributed by atoms with E-state index in [0.29, 0.717) is 31.0 Å². The molecule has 0 aliphatic heterocycles. The van der Waals surface area contributed by atoms with E-state index in [1.807, 2.05) is 52.0 Å². The molecule has 0 heterocycles. The van der Waals surface area contributed by atoms with Crippen LogP contribution in [0.2, 0.25) is 0 Å². The predicted molar refractivity (Wildman–Crippen MR) is 162 cm³/mol. The summed E-state index contributed by atoms with van der Waals surface area (Å²) in [6.45, 7) is 8.40. The molecular weight excluding hydrogens is 538 g/mol. The van der Waals surface area contributed by atoms with Gasteiger partial charge in [0.1, 0.15) is 18.3 Å². The Morgan fingerprint density at radius 1 is 0.902 bits per heavy atom. The molecule has 0 aromatic heterocycles. The molecule has 2 amide bonds. The molecule has 3 rings (SSSR count). The fraction of sp³-hybridized carbons (Fsp3) is 0.375. The first kappa shape index (κ1) is 31.7. The quantitative estimate of drug-likeness (QED) is 0.246. The van der Waals surface area contributed by atoms with E-state index in [1.54, 1.807) is 42.5 Å². The second-order valence-electron chi connectivity index (χ2n) is 9.83. The Hall–Kier alpha value is -3.85. The summed E-state index contributed by atoms with van der Waals surface area (Å²) in [5.41, 5.74) is 2.28. The van der Waals surface area contributed by atoms with Crippen LogP contribution in [0.1, 0.15) is 51.2 Å². The lowest BCUT2D eigenvalue weighted by molar-refractivity contribution is -0.140. The molecule has 8 nitrogen and oxygen atoms in total. The molecule has 0 spiro atoms. The molecule has 0 saturated carbocycles. The van der Waals surface area contributed by atoms with Crippen molar-refractivity contribution in [1.82, 2.24) is 10.2 Å². The minimum atomic E-state index is -4.13. The van der Waals surface area contributed by atoms with Crippen molar-refractivity contribution >= 4 is 27.5 Å². The monoisotopic (exact) mass is 579 g/mol. The maximum absolute atomic E-state index is 14.1. The number of carbonyl (C=O) groups is 2. The van der Waals surface area contributed by atoms with Gasteiger partial charge >= 0.3 is 0 Å². The molecule has 220 valence electrons. The number of hydrogen-bond acceptors (Lipinski definition) is 5. The Bertz CT molecular complexity index is 1360. The lowest BCUT2D eigenvalue weighted by Gasteiger charge is -2.33. The molecule has 3 aromatic rings. The van der Waals surface area contributed by atoms with E-state index in [-0.39, 0.29) is 17.3 Å². The molecule has 0 unspecified atom stereocenters. The fourth-order valence-corrected chi connectivity index (χ4v) is 5.85. The average Bonchev–Trinajstić information content (AvgIpc) is 2.97. The van der Waals surface area contributed by atoms with Gasteiger partial charge < -0.3 is 15.0 Å². The molecule has 0 aliphatic rings. The lowest BCUT2D eigenvalue weighted by atomic mass is 10.1. The number of hydrogen-bond donors (Lipinski definition) is 1. The smallest absolute Gasteiger partial charge is 0.264 e. The van der Waals surface area contributed by atoms with Crippen LogP contribution in [0.4, 0.5) is 5.69 Å². The van der Waals surface area contributed by atoms with Gasteiger partial charge in [-0.05, 0) is 68.7 Å². The van der Waals surface area contributed by atoms with Crippen molar-refractivity contribution in [2.45, 2.75) is 64.4 Å². The highest BCUT2D eigenvalue weighted by molar-refractivity contribution is 7.92. The number of sulfonamides is 1. The van der Waals surface area contributed by atoms with Crippen LogP contribution >= 0.6 is 0 Å². The third kappa shape index (κ3) is 8.57. The minimum absolute atomic E-state index is 0.0343. The number of para-hydroxylation sites is 1. The molecule has 0 radical (unpaired) electrons. The molecule has 1 N–H and O–H groups in total. The minimum Gasteiger partial charge on any atom is -0.494 e. The van der Waals surface area contributed by atoms with Gasteiger partial charge in [0.25, 0.3) is 10.0 Å². The number of ether oxygens (including phenoxy) is 1. The first-order valence-electron chi connectivity index (χ1n) is 14.1. The molecule has 0 fully saturated rings. The third-order valence-electron chi connectivity index (χ3n) is 6.73. The zero-order valence-electron chi connectivity index (χ0n) is 24.4. The van der Waals surface area contributed by atoms with Crippen molar-refractivity contribution in [3.63, 3.8) is 0 Å². The van der Waals surface area contributed by atoms with Crippen molar-refractivity contribution < 1.29 is 22.7 Å². The van der Waals surface area contributed by atoms with Crippen molar-refractivity contribution in [1.29, 1.82) is 0 Å². The van der Waals surface area contributed by atoms with Gasteiger partial charge in [0.15, 0.2) is 0 Å². The average molecular weight is 580 g/mol. The number of anilines is 1. The van der Waals surface area contributed by atoms with Crippen molar-refractivity contribution in [2.24, 2.45) is 0 Å². The summed E-state index contributed by atoms with van der Waals surface area (Å²) in [4.78, 5) is 28.8. The number of amides is 2. The Morgan fingerprint density at radius 3 is 2.15 bits per heavy atom. The number of nitrogens with one attached hydrogen (secondary N) is 1. The van der Waals surface area contributed by atoms with E-state index in [1.165, 1.54) is 17.0 Å². The maximum Gasteiger partial charge on any atom is 0.264 e. The largest absolute Gasteiger partial charge is 0.494 e. The highest BCUT2D eigenvalue weighted by atomic mass is 32.2. The zero-order chi connectivity index (χ0) is 29.8. The van der Waals surface area contributed by atoms with Gasteiger partial charge in [-0.1, -0.05) is 68.3 Å². The van der Waals surface area contributed by atoms with Gasteiger partial charge in [-0.25, -0.2) is 8.42 Å². The summed E-state index contributed by atoms with van der Waals surface area (Å²) in [5, 5.41) is 2.94. The Morgan fingerprint density at radius 2 is 1.56 bits per heavy atom. The van der Waals surface area contributed by atoms with Crippen LogP contribution in [0.15, 0.2) is 83.8 Å². The summed E-state index contributed by atoms with van der Waals surface area (Å²) in [6, 6.07) is 21.7. The first-order chi connectivity index (χ1) is 19.7. The SMILES string of the molecule is CCCCNC(=O)[C@H](CC)N(Cc1ccc(C)cc1)C(=O)CN(c1ccccc1)S(=O)(=O)c1ccc(OCC)cc1. The van der Waals surface area contributed by atoms with Crippen LogP contribution in [0, 0.1) is 6.92 Å². The summed E-state index contributed by atoms with van der Waals surface area (Å²) in [7, 11) is -4.13. The second-order valence-corrected chi connectivity index (χ2v) is 11.7. The van der Waals surface area contributed by atoms with Gasteiger partial charge in [-0.3, -0.25) is 13.9 Å². The summed E-state index contributed by atoms with van der Waals surface area (Å²) in [5.74, 6) is -0.165. The van der Waals surface area contributed by atoms with E-state index in [0.717, 1.165) is 28.3 Å². The highest BCUT2D eigenvalue weighted by Gasteiger charge is 2.33. The third-order valence-corrected chi connectivity index (χ3v) is 8.52. The van der Waals surface area contributed by atoms with Crippen molar-refractivity contribution in [3.8, 4) is 5.75 Å². The highest BCUT2D eigenvalue weighted by Crippen LogP contribution is 2.26. The van der Waals surface area contributed by atoms with E-state index >= 15 is 0 Å². The predicted octanol–water partition coefficient (Wildman–Crippen LogP) is 5.31. The topological polar surface area (TPSA) is 96.0 Å². The summed E-state index contributed by atoms with van der Waals surface area (Å²) < 4.78 is 34.5. The zero-order valence-corrected chi connectivity index (χ0v) is 25.2. The number of nitrogens with zero attached hydrogens (tertiary/aromatic N) is 2. The molecule has 1 atom stereocenters. The van der Waals surface area contributed by atoms with Gasteiger partial charge in [0, 0.05) is 13.1 Å².